The largest absolute Gasteiger partial charge is 0.363 e. The molecular weight excluding hydrogens is 661 g/mol. The highest BCUT2D eigenvalue weighted by Gasteiger charge is 2.48. The third kappa shape index (κ3) is 7.36. The molecule has 0 radical (unpaired) electrons. The van der Waals surface area contributed by atoms with Gasteiger partial charge < -0.3 is 14.3 Å². The molecule has 12 heteroatoms. The lowest BCUT2D eigenvalue weighted by atomic mass is 9.60. The second-order valence-corrected chi connectivity index (χ2v) is 15.7. The minimum absolute atomic E-state index is 0.0482. The van der Waals surface area contributed by atoms with Crippen LogP contribution in [0.4, 0.5) is 14.7 Å². The molecule has 1 saturated carbocycles. The highest BCUT2D eigenvalue weighted by molar-refractivity contribution is 7.14. The van der Waals surface area contributed by atoms with Crippen LogP contribution in [0.3, 0.4) is 0 Å². The Hall–Kier alpha value is -4.42. The Kier molecular flexibility index (Phi) is 9.96. The predicted octanol–water partition coefficient (Wildman–Crippen LogP) is 8.43. The standard InChI is InChI=1S/C38H43F2N5O4S/c1-6-32(46)43-18-16-38(17-19-43)21-27(22-38)45-29-13-12-25(20-28(29)41-36(45)42-34(47)31-15-14-30(50-31)33(39)40)23-44(24(2)37(3,4)5)49-35(48)26-10-8-7-9-11-26/h6-15,20,24,27,33H,1,16-19,21-23H2,2-5H3,(H,41,42,47)/t24-/m0/s1. The summed E-state index contributed by atoms with van der Waals surface area (Å²) in [6.45, 7) is 13.6. The fourth-order valence-electron chi connectivity index (χ4n) is 6.91. The molecule has 9 nitrogen and oxygen atoms in total. The second kappa shape index (κ2) is 14.1. The first-order chi connectivity index (χ1) is 23.8. The van der Waals surface area contributed by atoms with Gasteiger partial charge in [-0.1, -0.05) is 51.6 Å². The van der Waals surface area contributed by atoms with Gasteiger partial charge in [-0.2, -0.15) is 0 Å². The van der Waals surface area contributed by atoms with Gasteiger partial charge >= 0.3 is 5.97 Å². The molecular formula is C38H43F2N5O4S. The molecule has 3 heterocycles. The zero-order valence-electron chi connectivity index (χ0n) is 28.8. The van der Waals surface area contributed by atoms with Crippen molar-refractivity contribution in [1.29, 1.82) is 0 Å². The summed E-state index contributed by atoms with van der Waals surface area (Å²) < 4.78 is 28.7. The summed E-state index contributed by atoms with van der Waals surface area (Å²) in [6, 6.07) is 17.3. The van der Waals surface area contributed by atoms with E-state index in [9.17, 15) is 23.2 Å². The first-order valence-electron chi connectivity index (χ1n) is 16.9. The molecule has 0 bridgehead atoms. The zero-order chi connectivity index (χ0) is 35.8. The van der Waals surface area contributed by atoms with Gasteiger partial charge in [0.25, 0.3) is 12.3 Å². The number of hydroxylamine groups is 2. The summed E-state index contributed by atoms with van der Waals surface area (Å²) in [6.07, 6.45) is 2.20. The fraction of sp³-hybridized carbons (Fsp3) is 0.421. The van der Waals surface area contributed by atoms with E-state index in [0.29, 0.717) is 36.7 Å². The molecule has 1 atom stereocenters. The van der Waals surface area contributed by atoms with Crippen molar-refractivity contribution in [3.63, 3.8) is 0 Å². The van der Waals surface area contributed by atoms with Crippen molar-refractivity contribution in [2.75, 3.05) is 18.4 Å². The summed E-state index contributed by atoms with van der Waals surface area (Å²) in [7, 11) is 0. The number of imidazole rings is 1. The number of likely N-dealkylation sites (tertiary alicyclic amines) is 1. The van der Waals surface area contributed by atoms with Gasteiger partial charge in [0.05, 0.1) is 32.9 Å². The monoisotopic (exact) mass is 703 g/mol. The molecule has 2 aliphatic rings. The second-order valence-electron chi connectivity index (χ2n) is 14.5. The molecule has 264 valence electrons. The Morgan fingerprint density at radius 2 is 1.80 bits per heavy atom. The number of thiophene rings is 1. The van der Waals surface area contributed by atoms with E-state index in [1.54, 1.807) is 29.3 Å². The summed E-state index contributed by atoms with van der Waals surface area (Å²) in [4.78, 5) is 51.3. The molecule has 6 rings (SSSR count). The minimum Gasteiger partial charge on any atom is -0.363 e. The Morgan fingerprint density at radius 1 is 1.10 bits per heavy atom. The van der Waals surface area contributed by atoms with Crippen LogP contribution in [0.15, 0.2) is 73.3 Å². The van der Waals surface area contributed by atoms with E-state index < -0.39 is 18.3 Å². The molecule has 1 saturated heterocycles. The average Bonchev–Trinajstić information content (AvgIpc) is 3.71. The fourth-order valence-corrected chi connectivity index (χ4v) is 7.67. The van der Waals surface area contributed by atoms with Gasteiger partial charge in [0, 0.05) is 25.2 Å². The van der Waals surface area contributed by atoms with Crippen molar-refractivity contribution >= 4 is 46.1 Å². The van der Waals surface area contributed by atoms with Gasteiger partial charge in [-0.15, -0.1) is 16.4 Å². The lowest BCUT2D eigenvalue weighted by molar-refractivity contribution is -0.162. The number of benzene rings is 2. The number of amides is 2. The average molecular weight is 704 g/mol. The number of fused-ring (bicyclic) bond motifs is 1. The molecule has 2 aromatic heterocycles. The maximum Gasteiger partial charge on any atom is 0.357 e. The van der Waals surface area contributed by atoms with Crippen molar-refractivity contribution < 1.29 is 28.0 Å². The Bertz CT molecular complexity index is 1880. The minimum atomic E-state index is -2.66. The molecule has 1 N–H and O–H groups in total. The van der Waals surface area contributed by atoms with Crippen molar-refractivity contribution in [3.8, 4) is 0 Å². The third-order valence-corrected chi connectivity index (χ3v) is 11.4. The van der Waals surface area contributed by atoms with E-state index in [2.05, 4.69) is 37.2 Å². The van der Waals surface area contributed by atoms with Crippen LogP contribution < -0.4 is 5.32 Å². The number of halogens is 2. The molecule has 2 fully saturated rings. The number of aromatic nitrogens is 2. The van der Waals surface area contributed by atoms with Crippen LogP contribution in [-0.4, -0.2) is 56.4 Å². The van der Waals surface area contributed by atoms with Gasteiger partial charge in [-0.25, -0.2) is 18.6 Å². The Labute approximate surface area is 294 Å². The highest BCUT2D eigenvalue weighted by Crippen LogP contribution is 2.56. The number of carbonyl (C=O) groups excluding carboxylic acids is 3. The van der Waals surface area contributed by atoms with Crippen molar-refractivity contribution in [3.05, 3.63) is 94.2 Å². The number of nitrogens with one attached hydrogen (secondary N) is 1. The van der Waals surface area contributed by atoms with E-state index in [4.69, 9.17) is 9.82 Å². The van der Waals surface area contributed by atoms with Crippen LogP contribution in [-0.2, 0) is 16.2 Å². The molecule has 50 heavy (non-hydrogen) atoms. The molecule has 4 aromatic rings. The summed E-state index contributed by atoms with van der Waals surface area (Å²) in [5.41, 5.74) is 2.69. The first kappa shape index (κ1) is 35.4. The Morgan fingerprint density at radius 3 is 2.42 bits per heavy atom. The lowest BCUT2D eigenvalue weighted by Gasteiger charge is -2.52. The smallest absolute Gasteiger partial charge is 0.357 e. The number of alkyl halides is 2. The normalized spacial score (nSPS) is 16.8. The molecule has 2 aromatic carbocycles. The van der Waals surface area contributed by atoms with Gasteiger partial charge in [-0.05, 0) is 91.5 Å². The number of anilines is 1. The maximum atomic E-state index is 13.3. The molecule has 1 spiro atoms. The van der Waals surface area contributed by atoms with E-state index in [1.807, 2.05) is 36.1 Å². The summed E-state index contributed by atoms with van der Waals surface area (Å²) in [5.74, 6) is -0.643. The highest BCUT2D eigenvalue weighted by atomic mass is 32.1. The van der Waals surface area contributed by atoms with Gasteiger partial charge in [0.15, 0.2) is 0 Å². The number of hydrogen-bond donors (Lipinski definition) is 1. The van der Waals surface area contributed by atoms with Crippen LogP contribution in [0.25, 0.3) is 11.0 Å². The Balaban J connectivity index is 1.28. The van der Waals surface area contributed by atoms with E-state index >= 15 is 0 Å². The number of carbonyl (C=O) groups is 3. The first-order valence-corrected chi connectivity index (χ1v) is 17.7. The van der Waals surface area contributed by atoms with Gasteiger partial charge in [0.2, 0.25) is 11.9 Å². The molecule has 2 amide bonds. The number of hydrogen-bond acceptors (Lipinski definition) is 7. The number of piperidine rings is 1. The van der Waals surface area contributed by atoms with Crippen molar-refractivity contribution in [2.24, 2.45) is 10.8 Å². The van der Waals surface area contributed by atoms with E-state index in [1.165, 1.54) is 18.2 Å². The predicted molar refractivity (Wildman–Crippen MR) is 190 cm³/mol. The van der Waals surface area contributed by atoms with E-state index in [0.717, 1.165) is 48.1 Å². The van der Waals surface area contributed by atoms with Crippen LogP contribution >= 0.6 is 11.3 Å². The van der Waals surface area contributed by atoms with E-state index in [-0.39, 0.29) is 38.6 Å². The SMILES string of the molecule is C=CC(=O)N1CCC2(CC1)CC(n1c(NC(=O)c3ccc(C(F)F)s3)nc3cc(CN(OC(=O)c4ccccc4)[C@@H](C)C(C)(C)C)ccc31)C2. The molecule has 1 aliphatic heterocycles. The number of rotatable bonds is 10. The van der Waals surface area contributed by atoms with Crippen molar-refractivity contribution in [2.45, 2.75) is 78.4 Å². The summed E-state index contributed by atoms with van der Waals surface area (Å²) in [5, 5.41) is 4.62. The topological polar surface area (TPSA) is 96.8 Å². The molecule has 1 aliphatic carbocycles. The van der Waals surface area contributed by atoms with Gasteiger partial charge in [-0.3, -0.25) is 14.9 Å². The number of nitrogens with zero attached hydrogens (tertiary/aromatic N) is 4. The zero-order valence-corrected chi connectivity index (χ0v) is 29.6. The van der Waals surface area contributed by atoms with Crippen LogP contribution in [0, 0.1) is 10.8 Å². The molecule has 0 unspecified atom stereocenters. The van der Waals surface area contributed by atoms with Crippen LogP contribution in [0.5, 0.6) is 0 Å². The lowest BCUT2D eigenvalue weighted by Crippen LogP contribution is -2.48. The van der Waals surface area contributed by atoms with Crippen molar-refractivity contribution in [1.82, 2.24) is 19.5 Å². The summed E-state index contributed by atoms with van der Waals surface area (Å²) >= 11 is 0.763. The quantitative estimate of drug-likeness (QED) is 0.132. The van der Waals surface area contributed by atoms with Crippen LogP contribution in [0.2, 0.25) is 0 Å². The third-order valence-electron chi connectivity index (χ3n) is 10.3. The van der Waals surface area contributed by atoms with Gasteiger partial charge in [0.1, 0.15) is 0 Å². The van der Waals surface area contributed by atoms with Crippen LogP contribution in [0.1, 0.15) is 96.3 Å². The maximum absolute atomic E-state index is 13.3.